The van der Waals surface area contributed by atoms with E-state index in [0.29, 0.717) is 71.4 Å². The molecule has 0 amide bonds. The Labute approximate surface area is 779 Å². The molecule has 0 unspecified atom stereocenters. The Morgan fingerprint density at radius 1 is 0.152 bits per heavy atom. The van der Waals surface area contributed by atoms with Crippen molar-refractivity contribution in [3.8, 4) is 71.4 Å². The standard InChI is InChI=1S/2C27H21N9.2C24H15N9/c2*1-16-28-19-10-4-7-13-22(19)34(16)25-31-26(35-17(2)29-20-11-5-8-14-23(20)35)33-27(32-25)36-18(3)30-21-12-6-9-15-24(21)36;1-4-10-19-16(7-1)25-13-31(19)22-28-23(32-14-26-17-8-2-5-11-20(17)32)30-24(29-22)33-15-27-18-9-3-6-12-21(18)33;1-4-10-19-16(7-1)13-26-32(19)23-28-22(31-15-25-18-9-3-6-12-21(18)31)29-24(30-23)33-20-11-5-2-8-17(20)14-27-33/h2*4-15H,1-3H3;2*1-15H. The Kier molecular flexibility index (Phi) is 19.1. The van der Waals surface area contributed by atoms with E-state index >= 15 is 0 Å². The fraction of sp³-hybridized carbons (Fsp3) is 0.0588. The molecule has 0 aliphatic rings. The summed E-state index contributed by atoms with van der Waals surface area (Å²) in [5.41, 5.74) is 19.7. The lowest BCUT2D eigenvalue weighted by Crippen LogP contribution is -2.15. The van der Waals surface area contributed by atoms with Crippen molar-refractivity contribution in [3.63, 3.8) is 0 Å². The molecule has 0 N–H and O–H groups in total. The zero-order valence-corrected chi connectivity index (χ0v) is 74.3. The Hall–Kier alpha value is -19.7. The Morgan fingerprint density at radius 3 is 0.543 bits per heavy atom. The molecule has 16 heterocycles. The van der Waals surface area contributed by atoms with E-state index in [4.69, 9.17) is 89.7 Å². The minimum atomic E-state index is 0.397. The number of hydrogen-bond donors (Lipinski definition) is 0. The fourth-order valence-electron chi connectivity index (χ4n) is 17.7. The number of hydrogen-bond acceptors (Lipinski definition) is 24. The zero-order chi connectivity index (χ0) is 92.3. The van der Waals surface area contributed by atoms with Crippen LogP contribution < -0.4 is 0 Å². The second-order valence-electron chi connectivity index (χ2n) is 32.5. The van der Waals surface area contributed by atoms with Crippen molar-refractivity contribution in [2.24, 2.45) is 0 Å². The molecule has 0 aliphatic carbocycles. The molecule has 0 saturated heterocycles. The lowest BCUT2D eigenvalue weighted by atomic mass is 10.3. The number of aromatic nitrogens is 36. The summed E-state index contributed by atoms with van der Waals surface area (Å²) in [7, 11) is 0. The topological polar surface area (TPSA) is 369 Å². The van der Waals surface area contributed by atoms with Crippen LogP contribution in [-0.4, -0.2) is 175 Å². The molecule has 0 radical (unpaired) electrons. The van der Waals surface area contributed by atoms with Gasteiger partial charge < -0.3 is 0 Å². The summed E-state index contributed by atoms with van der Waals surface area (Å²) in [6, 6.07) is 95.2. The SMILES string of the molecule is Cc1nc2ccccc2n1-c1nc(-n2c(C)nc3ccccc32)nc(-n2c(C)nc3ccccc32)n1.Cc1nc2ccccc2n1-c1nc(-n2c(C)nc3ccccc32)nc(-n2c(C)nc3ccccc32)n1.c1ccc2c(c1)cnn2-c1nc(-n2cnc3ccccc32)nc(-n2ncc3ccccc32)n1.c1ccc2c(c1)ncn2-c1nc(-n2cnc3ccccc32)nc(-n2cnc3ccccc32)n1. The van der Waals surface area contributed by atoms with Gasteiger partial charge in [0.05, 0.1) is 134 Å². The van der Waals surface area contributed by atoms with Crippen LogP contribution in [0.4, 0.5) is 0 Å². The van der Waals surface area contributed by atoms with Gasteiger partial charge in [0, 0.05) is 10.8 Å². The third kappa shape index (κ3) is 13.8. The monoisotopic (exact) mass is 1800 g/mol. The Balaban J connectivity index is 0.0000000976. The first-order valence-corrected chi connectivity index (χ1v) is 44.1. The van der Waals surface area contributed by atoms with Crippen LogP contribution in [0.15, 0.2) is 329 Å². The summed E-state index contributed by atoms with van der Waals surface area (Å²) in [5, 5.41) is 11.1. The zero-order valence-electron chi connectivity index (χ0n) is 74.3. The molecule has 138 heavy (non-hydrogen) atoms. The van der Waals surface area contributed by atoms with Crippen LogP contribution in [0.3, 0.4) is 0 Å². The van der Waals surface area contributed by atoms with Gasteiger partial charge in [0.25, 0.3) is 11.9 Å². The summed E-state index contributed by atoms with van der Waals surface area (Å²) in [6.45, 7) is 11.7. The molecule has 12 aromatic carbocycles. The highest BCUT2D eigenvalue weighted by Gasteiger charge is 2.27. The Bertz CT molecular complexity index is 8190. The molecule has 36 nitrogen and oxygen atoms in total. The van der Waals surface area contributed by atoms with Gasteiger partial charge in [-0.1, -0.05) is 158 Å². The van der Waals surface area contributed by atoms with Crippen LogP contribution in [0.5, 0.6) is 0 Å². The van der Waals surface area contributed by atoms with Gasteiger partial charge in [0.15, 0.2) is 0 Å². The summed E-state index contributed by atoms with van der Waals surface area (Å²) in [4.78, 5) is 105. The fourth-order valence-corrected chi connectivity index (χ4v) is 17.7. The maximum Gasteiger partial charge on any atom is 0.257 e. The minimum Gasteiger partial charge on any atom is -0.267 e. The van der Waals surface area contributed by atoms with Crippen molar-refractivity contribution in [1.29, 1.82) is 0 Å². The van der Waals surface area contributed by atoms with Gasteiger partial charge in [0.2, 0.25) is 59.5 Å². The average molecular weight is 1800 g/mol. The van der Waals surface area contributed by atoms with E-state index < -0.39 is 0 Å². The molecule has 28 rings (SSSR count). The van der Waals surface area contributed by atoms with Gasteiger partial charge in [-0.05, 0) is 175 Å². The number of nitrogens with zero attached hydrogens (tertiary/aromatic N) is 36. The van der Waals surface area contributed by atoms with E-state index in [-0.39, 0.29) is 0 Å². The molecule has 0 spiro atoms. The van der Waals surface area contributed by atoms with Crippen molar-refractivity contribution in [1.82, 2.24) is 175 Å². The molecule has 0 saturated carbocycles. The van der Waals surface area contributed by atoms with E-state index in [2.05, 4.69) is 30.1 Å². The second kappa shape index (κ2) is 32.7. The highest BCUT2D eigenvalue weighted by atomic mass is 15.4. The first-order valence-electron chi connectivity index (χ1n) is 44.1. The normalized spacial score (nSPS) is 11.7. The van der Waals surface area contributed by atoms with E-state index in [1.807, 2.05) is 378 Å². The maximum absolute atomic E-state index is 4.95. The summed E-state index contributed by atoms with van der Waals surface area (Å²) in [6.07, 6.45) is 10.5. The van der Waals surface area contributed by atoms with E-state index in [0.717, 1.165) is 167 Å². The molecule has 28 aromatic rings. The smallest absolute Gasteiger partial charge is 0.257 e. The molecule has 0 atom stereocenters. The number of rotatable bonds is 12. The van der Waals surface area contributed by atoms with Gasteiger partial charge in [-0.15, -0.1) is 0 Å². The van der Waals surface area contributed by atoms with E-state index in [9.17, 15) is 0 Å². The lowest BCUT2D eigenvalue weighted by molar-refractivity contribution is 0.747. The molecular weight excluding hydrogens is 1730 g/mol. The van der Waals surface area contributed by atoms with Gasteiger partial charge in [-0.25, -0.2) is 49.8 Å². The Morgan fingerprint density at radius 2 is 0.319 bits per heavy atom. The van der Waals surface area contributed by atoms with Crippen LogP contribution in [0.2, 0.25) is 0 Å². The second-order valence-corrected chi connectivity index (χ2v) is 32.5. The highest BCUT2D eigenvalue weighted by molar-refractivity contribution is 5.87. The predicted octanol–water partition coefficient (Wildman–Crippen LogP) is 17.4. The summed E-state index contributed by atoms with van der Waals surface area (Å²) >= 11 is 0. The molecular formula is C102H72N36. The van der Waals surface area contributed by atoms with Crippen molar-refractivity contribution in [2.45, 2.75) is 41.5 Å². The van der Waals surface area contributed by atoms with E-state index in [1.165, 1.54) is 0 Å². The van der Waals surface area contributed by atoms with Crippen LogP contribution in [0.25, 0.3) is 204 Å². The van der Waals surface area contributed by atoms with Gasteiger partial charge >= 0.3 is 0 Å². The molecule has 16 aromatic heterocycles. The van der Waals surface area contributed by atoms with Gasteiger partial charge in [-0.2, -0.15) is 79.4 Å². The molecule has 0 fully saturated rings. The molecule has 36 heteroatoms. The largest absolute Gasteiger partial charge is 0.267 e. The number of aryl methyl sites for hydroxylation is 6. The van der Waals surface area contributed by atoms with Crippen LogP contribution in [0, 0.1) is 41.5 Å². The summed E-state index contributed by atoms with van der Waals surface area (Å²) < 4.78 is 22.7. The number of fused-ring (bicyclic) bond motifs is 12. The highest BCUT2D eigenvalue weighted by Crippen LogP contribution is 2.33. The van der Waals surface area contributed by atoms with Crippen molar-refractivity contribution < 1.29 is 0 Å². The predicted molar refractivity (Wildman–Crippen MR) is 523 cm³/mol. The van der Waals surface area contributed by atoms with Crippen LogP contribution in [-0.2, 0) is 0 Å². The van der Waals surface area contributed by atoms with Crippen molar-refractivity contribution >= 4 is 132 Å². The van der Waals surface area contributed by atoms with Crippen LogP contribution >= 0.6 is 0 Å². The van der Waals surface area contributed by atoms with Gasteiger partial charge in [0.1, 0.15) is 60.3 Å². The van der Waals surface area contributed by atoms with Crippen molar-refractivity contribution in [3.05, 3.63) is 364 Å². The molecule has 0 bridgehead atoms. The number of para-hydroxylation sites is 22. The van der Waals surface area contributed by atoms with Gasteiger partial charge in [-0.3, -0.25) is 45.7 Å². The van der Waals surface area contributed by atoms with Crippen LogP contribution in [0.1, 0.15) is 34.9 Å². The number of benzene rings is 12. The third-order valence-electron chi connectivity index (χ3n) is 24.0. The van der Waals surface area contributed by atoms with E-state index in [1.54, 1.807) is 47.1 Å². The molecule has 660 valence electrons. The molecule has 0 aliphatic heterocycles. The minimum absolute atomic E-state index is 0.397. The lowest BCUT2D eigenvalue weighted by Gasteiger charge is -2.13. The third-order valence-corrected chi connectivity index (χ3v) is 24.0. The first-order chi connectivity index (χ1) is 67.9. The quantitative estimate of drug-likeness (QED) is 0.110. The first kappa shape index (κ1) is 80.4. The van der Waals surface area contributed by atoms with Crippen molar-refractivity contribution in [2.75, 3.05) is 0 Å². The average Bonchev–Trinajstić information content (AvgIpc) is 1.61. The maximum atomic E-state index is 4.95. The number of imidazole rings is 10. The summed E-state index contributed by atoms with van der Waals surface area (Å²) in [5.74, 6) is 10.2.